The lowest BCUT2D eigenvalue weighted by Crippen LogP contribution is -2.32. The number of hydrogen-bond acceptors (Lipinski definition) is 4. The number of anilines is 1. The summed E-state index contributed by atoms with van der Waals surface area (Å²) in [6.45, 7) is 3.90. The van der Waals surface area contributed by atoms with Crippen molar-refractivity contribution in [3.63, 3.8) is 0 Å². The Morgan fingerprint density at radius 2 is 1.76 bits per heavy atom. The molecule has 9 heteroatoms. The molecule has 6 nitrogen and oxygen atoms in total. The van der Waals surface area contributed by atoms with E-state index in [1.54, 1.807) is 30.0 Å². The molecular formula is C25H23Cl2N5OS. The molecule has 0 aliphatic carbocycles. The van der Waals surface area contributed by atoms with Crippen molar-refractivity contribution >= 4 is 46.7 Å². The monoisotopic (exact) mass is 511 g/mol. The first-order valence-corrected chi connectivity index (χ1v) is 12.4. The Balaban J connectivity index is 1.56. The van der Waals surface area contributed by atoms with Gasteiger partial charge in [-0.2, -0.15) is 0 Å². The van der Waals surface area contributed by atoms with Gasteiger partial charge >= 0.3 is 6.03 Å². The third-order valence-corrected chi connectivity index (χ3v) is 6.62. The number of aryl methyl sites for hydroxylation is 1. The summed E-state index contributed by atoms with van der Waals surface area (Å²) in [6.07, 6.45) is 0. The molecule has 0 fully saturated rings. The molecule has 0 bridgehead atoms. The molecule has 0 aliphatic rings. The van der Waals surface area contributed by atoms with Gasteiger partial charge in [-0.1, -0.05) is 83.0 Å². The van der Waals surface area contributed by atoms with Gasteiger partial charge in [-0.25, -0.2) is 4.79 Å². The molecule has 0 aliphatic heterocycles. The third kappa shape index (κ3) is 5.91. The van der Waals surface area contributed by atoms with Crippen LogP contribution in [0.4, 0.5) is 10.5 Å². The van der Waals surface area contributed by atoms with E-state index in [1.807, 2.05) is 60.9 Å². The Bertz CT molecular complexity index is 1280. The maximum Gasteiger partial charge on any atom is 0.319 e. The van der Waals surface area contributed by atoms with Crippen molar-refractivity contribution in [2.45, 2.75) is 30.8 Å². The zero-order valence-electron chi connectivity index (χ0n) is 18.6. The van der Waals surface area contributed by atoms with E-state index in [1.165, 1.54) is 5.56 Å². The smallest absolute Gasteiger partial charge is 0.319 e. The third-order valence-electron chi connectivity index (χ3n) is 5.08. The maximum absolute atomic E-state index is 12.7. The molecule has 1 unspecified atom stereocenters. The summed E-state index contributed by atoms with van der Waals surface area (Å²) >= 11 is 13.7. The molecule has 0 saturated carbocycles. The van der Waals surface area contributed by atoms with Crippen LogP contribution in [-0.2, 0) is 5.75 Å². The van der Waals surface area contributed by atoms with Gasteiger partial charge in [0.2, 0.25) is 0 Å². The number of rotatable bonds is 7. The van der Waals surface area contributed by atoms with Crippen LogP contribution in [0.25, 0.3) is 5.69 Å². The quantitative estimate of drug-likeness (QED) is 0.260. The normalized spacial score (nSPS) is 11.8. The van der Waals surface area contributed by atoms with Gasteiger partial charge in [0.15, 0.2) is 11.0 Å². The van der Waals surface area contributed by atoms with Crippen molar-refractivity contribution < 1.29 is 4.79 Å². The minimum absolute atomic E-state index is 0.359. The molecule has 1 heterocycles. The lowest BCUT2D eigenvalue weighted by Gasteiger charge is -2.17. The molecule has 34 heavy (non-hydrogen) atoms. The van der Waals surface area contributed by atoms with E-state index in [4.69, 9.17) is 23.2 Å². The van der Waals surface area contributed by atoms with Crippen LogP contribution in [0.5, 0.6) is 0 Å². The molecular weight excluding hydrogens is 489 g/mol. The first kappa shape index (κ1) is 24.1. The predicted octanol–water partition coefficient (Wildman–Crippen LogP) is 7.06. The minimum Gasteiger partial charge on any atom is -0.328 e. The maximum atomic E-state index is 12.7. The molecule has 2 amide bonds. The van der Waals surface area contributed by atoms with Crippen LogP contribution in [0.3, 0.4) is 0 Å². The Kier molecular flexibility index (Phi) is 7.77. The standard InChI is InChI=1S/C25H23Cl2N5OS/c1-16-8-11-20(12-9-16)32-23(30-31-25(32)34-15-18-6-4-3-5-7-18)17(2)28-24(33)29-22-13-10-19(26)14-21(22)27/h3-14,17H,15H2,1-2H3,(H2,28,29,33). The molecule has 3 aromatic carbocycles. The second kappa shape index (κ2) is 11.0. The lowest BCUT2D eigenvalue weighted by atomic mass is 10.2. The SMILES string of the molecule is Cc1ccc(-n2c(SCc3ccccc3)nnc2C(C)NC(=O)Nc2ccc(Cl)cc2Cl)cc1. The van der Waals surface area contributed by atoms with E-state index in [-0.39, 0.29) is 0 Å². The summed E-state index contributed by atoms with van der Waals surface area (Å²) in [5, 5.41) is 16.1. The summed E-state index contributed by atoms with van der Waals surface area (Å²) < 4.78 is 1.98. The zero-order valence-corrected chi connectivity index (χ0v) is 21.0. The highest BCUT2D eigenvalue weighted by molar-refractivity contribution is 7.98. The number of benzene rings is 3. The summed E-state index contributed by atoms with van der Waals surface area (Å²) in [5.74, 6) is 1.37. The molecule has 4 rings (SSSR count). The van der Waals surface area contributed by atoms with Gasteiger partial charge in [-0.05, 0) is 49.7 Å². The molecule has 1 atom stereocenters. The summed E-state index contributed by atoms with van der Waals surface area (Å²) in [7, 11) is 0. The van der Waals surface area contributed by atoms with Crippen molar-refractivity contribution in [1.29, 1.82) is 0 Å². The molecule has 0 saturated heterocycles. The largest absolute Gasteiger partial charge is 0.328 e. The van der Waals surface area contributed by atoms with Crippen molar-refractivity contribution in [3.8, 4) is 5.69 Å². The highest BCUT2D eigenvalue weighted by atomic mass is 35.5. The van der Waals surface area contributed by atoms with Crippen LogP contribution >= 0.6 is 35.0 Å². The van der Waals surface area contributed by atoms with E-state index >= 15 is 0 Å². The molecule has 1 aromatic heterocycles. The average molecular weight is 512 g/mol. The fourth-order valence-corrected chi connectivity index (χ4v) is 4.69. The Morgan fingerprint density at radius 1 is 1.03 bits per heavy atom. The first-order chi connectivity index (χ1) is 16.4. The van der Waals surface area contributed by atoms with Gasteiger partial charge in [0, 0.05) is 16.5 Å². The molecule has 0 spiro atoms. The summed E-state index contributed by atoms with van der Waals surface area (Å²) in [5.41, 5.74) is 3.74. The number of halogens is 2. The van der Waals surface area contributed by atoms with E-state index in [0.717, 1.165) is 22.2 Å². The van der Waals surface area contributed by atoms with Crippen LogP contribution in [0.15, 0.2) is 78.0 Å². The average Bonchev–Trinajstić information content (AvgIpc) is 3.25. The number of thioether (sulfide) groups is 1. The molecule has 174 valence electrons. The summed E-state index contributed by atoms with van der Waals surface area (Å²) in [6, 6.07) is 22.4. The number of aromatic nitrogens is 3. The van der Waals surface area contributed by atoms with Crippen LogP contribution in [-0.4, -0.2) is 20.8 Å². The van der Waals surface area contributed by atoms with Crippen molar-refractivity contribution in [2.24, 2.45) is 0 Å². The van der Waals surface area contributed by atoms with Crippen LogP contribution in [0, 0.1) is 6.92 Å². The van der Waals surface area contributed by atoms with E-state index in [2.05, 4.69) is 33.0 Å². The van der Waals surface area contributed by atoms with Gasteiger partial charge in [-0.15, -0.1) is 10.2 Å². The summed E-state index contributed by atoms with van der Waals surface area (Å²) in [4.78, 5) is 12.7. The zero-order chi connectivity index (χ0) is 24.1. The number of nitrogens with one attached hydrogen (secondary N) is 2. The van der Waals surface area contributed by atoms with Crippen molar-refractivity contribution in [2.75, 3.05) is 5.32 Å². The minimum atomic E-state index is -0.425. The van der Waals surface area contributed by atoms with E-state index in [9.17, 15) is 4.79 Å². The number of carbonyl (C=O) groups is 1. The first-order valence-electron chi connectivity index (χ1n) is 10.6. The second-order valence-corrected chi connectivity index (χ2v) is 9.52. The fourth-order valence-electron chi connectivity index (χ4n) is 3.32. The Hall–Kier alpha value is -3.00. The van der Waals surface area contributed by atoms with Crippen LogP contribution in [0.1, 0.15) is 29.9 Å². The number of nitrogens with zero attached hydrogens (tertiary/aromatic N) is 3. The highest BCUT2D eigenvalue weighted by Crippen LogP contribution is 2.28. The lowest BCUT2D eigenvalue weighted by molar-refractivity contribution is 0.249. The topological polar surface area (TPSA) is 71.8 Å². The van der Waals surface area contributed by atoms with Crippen LogP contribution in [0.2, 0.25) is 10.0 Å². The number of amides is 2. The van der Waals surface area contributed by atoms with E-state index < -0.39 is 12.1 Å². The number of carbonyl (C=O) groups excluding carboxylic acids is 1. The van der Waals surface area contributed by atoms with Gasteiger partial charge in [-0.3, -0.25) is 4.57 Å². The second-order valence-electron chi connectivity index (χ2n) is 7.73. The van der Waals surface area contributed by atoms with Gasteiger partial charge < -0.3 is 10.6 Å². The molecule has 2 N–H and O–H groups in total. The number of urea groups is 1. The van der Waals surface area contributed by atoms with Crippen molar-refractivity contribution in [1.82, 2.24) is 20.1 Å². The highest BCUT2D eigenvalue weighted by Gasteiger charge is 2.21. The Morgan fingerprint density at radius 3 is 2.47 bits per heavy atom. The van der Waals surface area contributed by atoms with Gasteiger partial charge in [0.1, 0.15) is 0 Å². The molecule has 4 aromatic rings. The number of hydrogen-bond donors (Lipinski definition) is 2. The van der Waals surface area contributed by atoms with Crippen LogP contribution < -0.4 is 10.6 Å². The predicted molar refractivity (Wildman–Crippen MR) is 139 cm³/mol. The van der Waals surface area contributed by atoms with Gasteiger partial charge in [0.05, 0.1) is 16.8 Å². The van der Waals surface area contributed by atoms with E-state index in [0.29, 0.717) is 21.6 Å². The molecule has 0 radical (unpaired) electrons. The van der Waals surface area contributed by atoms with Gasteiger partial charge in [0.25, 0.3) is 0 Å². The van der Waals surface area contributed by atoms with Crippen molar-refractivity contribution in [3.05, 3.63) is 99.8 Å². The Labute approximate surface area is 212 Å². The fraction of sp³-hybridized carbons (Fsp3) is 0.160.